The van der Waals surface area contributed by atoms with Gasteiger partial charge in [-0.3, -0.25) is 9.59 Å². The smallest absolute Gasteiger partial charge is 0.240 e. The molecule has 0 heterocycles. The van der Waals surface area contributed by atoms with Crippen LogP contribution in [0, 0.1) is 5.41 Å². The normalized spacial score (nSPS) is 14.1. The van der Waals surface area contributed by atoms with E-state index in [0.717, 1.165) is 24.5 Å². The Kier molecular flexibility index (Phi) is 6.11. The molecule has 1 aliphatic rings. The first-order valence-electron chi connectivity index (χ1n) is 10.1. The van der Waals surface area contributed by atoms with E-state index in [2.05, 4.69) is 29.4 Å². The molecule has 2 N–H and O–H groups in total. The van der Waals surface area contributed by atoms with Crippen molar-refractivity contribution in [1.29, 1.82) is 0 Å². The van der Waals surface area contributed by atoms with Crippen LogP contribution in [0.3, 0.4) is 0 Å². The average Bonchev–Trinajstić information content (AvgIpc) is 3.53. The predicted molar refractivity (Wildman–Crippen MR) is 120 cm³/mol. The van der Waals surface area contributed by atoms with Crippen LogP contribution in [0.2, 0.25) is 0 Å². The van der Waals surface area contributed by atoms with E-state index in [9.17, 15) is 9.59 Å². The van der Waals surface area contributed by atoms with Crippen LogP contribution in [0.5, 0.6) is 0 Å². The van der Waals surface area contributed by atoms with Crippen molar-refractivity contribution in [3.05, 3.63) is 48.5 Å². The molecule has 29 heavy (non-hydrogen) atoms. The number of hydrogen-bond acceptors (Lipinski definition) is 4. The van der Waals surface area contributed by atoms with Crippen LogP contribution in [-0.4, -0.2) is 39.0 Å². The van der Waals surface area contributed by atoms with Gasteiger partial charge in [0.05, 0.1) is 0 Å². The Morgan fingerprint density at radius 2 is 1.21 bits per heavy atom. The number of carbonyl (C=O) groups is 2. The van der Waals surface area contributed by atoms with Crippen LogP contribution >= 0.6 is 0 Å². The molecule has 6 nitrogen and oxygen atoms in total. The molecule has 0 atom stereocenters. The summed E-state index contributed by atoms with van der Waals surface area (Å²) in [5.74, 6) is -0.483. The van der Waals surface area contributed by atoms with Gasteiger partial charge in [0.25, 0.3) is 0 Å². The third kappa shape index (κ3) is 4.53. The topological polar surface area (TPSA) is 64.7 Å². The molecular formula is C23H30N4O2. The second-order valence-corrected chi connectivity index (χ2v) is 7.65. The van der Waals surface area contributed by atoms with Gasteiger partial charge >= 0.3 is 0 Å². The van der Waals surface area contributed by atoms with Crippen LogP contribution in [0.15, 0.2) is 48.5 Å². The van der Waals surface area contributed by atoms with Gasteiger partial charge in [-0.1, -0.05) is 0 Å². The van der Waals surface area contributed by atoms with Gasteiger partial charge in [0.2, 0.25) is 11.8 Å². The third-order valence-electron chi connectivity index (χ3n) is 5.51. The number of anilines is 4. The largest absolute Gasteiger partial charge is 0.378 e. The SMILES string of the molecule is CCN(CC)c1ccc(NC(=O)C2(C(=O)Nc3ccc(N(C)C)cc3)CC2)cc1. The van der Waals surface area contributed by atoms with Crippen molar-refractivity contribution in [3.8, 4) is 0 Å². The van der Waals surface area contributed by atoms with Gasteiger partial charge in [0.15, 0.2) is 0 Å². The Morgan fingerprint density at radius 1 is 0.793 bits per heavy atom. The maximum absolute atomic E-state index is 12.8. The monoisotopic (exact) mass is 394 g/mol. The van der Waals surface area contributed by atoms with E-state index in [1.807, 2.05) is 67.5 Å². The van der Waals surface area contributed by atoms with Crippen molar-refractivity contribution in [3.63, 3.8) is 0 Å². The molecule has 0 aliphatic heterocycles. The minimum atomic E-state index is -0.974. The lowest BCUT2D eigenvalue weighted by Gasteiger charge is -2.21. The van der Waals surface area contributed by atoms with E-state index >= 15 is 0 Å². The zero-order valence-corrected chi connectivity index (χ0v) is 17.7. The standard InChI is InChI=1S/C23H30N4O2/c1-5-27(6-2)20-13-9-18(10-14-20)25-22(29)23(15-16-23)21(28)24-17-7-11-19(12-8-17)26(3)4/h7-14H,5-6,15-16H2,1-4H3,(H,24,28)(H,25,29). The molecule has 0 saturated heterocycles. The van der Waals surface area contributed by atoms with Gasteiger partial charge in [-0.25, -0.2) is 0 Å². The highest BCUT2D eigenvalue weighted by atomic mass is 16.2. The van der Waals surface area contributed by atoms with Gasteiger partial charge in [0, 0.05) is 49.9 Å². The molecule has 0 bridgehead atoms. The van der Waals surface area contributed by atoms with E-state index in [0.29, 0.717) is 24.2 Å². The number of nitrogens with zero attached hydrogens (tertiary/aromatic N) is 2. The van der Waals surface area contributed by atoms with Crippen molar-refractivity contribution in [2.75, 3.05) is 47.6 Å². The fraction of sp³-hybridized carbons (Fsp3) is 0.391. The van der Waals surface area contributed by atoms with Crippen LogP contribution in [0.4, 0.5) is 22.7 Å². The Hall–Kier alpha value is -3.02. The van der Waals surface area contributed by atoms with Gasteiger partial charge < -0.3 is 20.4 Å². The lowest BCUT2D eigenvalue weighted by atomic mass is 10.0. The molecule has 2 aromatic carbocycles. The highest BCUT2D eigenvalue weighted by molar-refractivity contribution is 6.16. The van der Waals surface area contributed by atoms with Crippen LogP contribution in [0.25, 0.3) is 0 Å². The molecule has 1 fully saturated rings. The lowest BCUT2D eigenvalue weighted by molar-refractivity contribution is -0.131. The number of nitrogens with one attached hydrogen (secondary N) is 2. The van der Waals surface area contributed by atoms with Crippen LogP contribution in [-0.2, 0) is 9.59 Å². The summed E-state index contributed by atoms with van der Waals surface area (Å²) in [6, 6.07) is 15.3. The number of hydrogen-bond donors (Lipinski definition) is 2. The fourth-order valence-corrected chi connectivity index (χ4v) is 3.37. The summed E-state index contributed by atoms with van der Waals surface area (Å²) in [5, 5.41) is 5.80. The van der Waals surface area contributed by atoms with E-state index in [1.54, 1.807) is 0 Å². The maximum atomic E-state index is 12.8. The predicted octanol–water partition coefficient (Wildman–Crippen LogP) is 3.96. The van der Waals surface area contributed by atoms with Crippen molar-refractivity contribution >= 4 is 34.6 Å². The molecule has 6 heteroatoms. The molecule has 0 unspecified atom stereocenters. The molecule has 154 valence electrons. The van der Waals surface area contributed by atoms with E-state index in [4.69, 9.17) is 0 Å². The van der Waals surface area contributed by atoms with E-state index < -0.39 is 5.41 Å². The number of rotatable bonds is 8. The summed E-state index contributed by atoms with van der Waals surface area (Å²) in [6.45, 7) is 6.09. The molecule has 2 aromatic rings. The van der Waals surface area contributed by atoms with E-state index in [-0.39, 0.29) is 11.8 Å². The highest BCUT2D eigenvalue weighted by Crippen LogP contribution is 2.47. The van der Waals surface area contributed by atoms with Crippen molar-refractivity contribution in [2.24, 2.45) is 5.41 Å². The zero-order valence-electron chi connectivity index (χ0n) is 17.7. The minimum absolute atomic E-state index is 0.240. The van der Waals surface area contributed by atoms with Crippen molar-refractivity contribution in [2.45, 2.75) is 26.7 Å². The summed E-state index contributed by atoms with van der Waals surface area (Å²) in [7, 11) is 3.93. The number of amides is 2. The van der Waals surface area contributed by atoms with Crippen LogP contribution in [0.1, 0.15) is 26.7 Å². The minimum Gasteiger partial charge on any atom is -0.378 e. The second kappa shape index (κ2) is 8.55. The first-order chi connectivity index (χ1) is 13.9. The Balaban J connectivity index is 1.63. The number of benzene rings is 2. The fourth-order valence-electron chi connectivity index (χ4n) is 3.37. The third-order valence-corrected chi connectivity index (χ3v) is 5.51. The number of carbonyl (C=O) groups excluding carboxylic acids is 2. The maximum Gasteiger partial charge on any atom is 0.240 e. The molecular weight excluding hydrogens is 364 g/mol. The second-order valence-electron chi connectivity index (χ2n) is 7.65. The molecule has 1 saturated carbocycles. The zero-order chi connectivity index (χ0) is 21.0. The van der Waals surface area contributed by atoms with Gasteiger partial charge in [0.1, 0.15) is 5.41 Å². The van der Waals surface area contributed by atoms with Crippen molar-refractivity contribution in [1.82, 2.24) is 0 Å². The van der Waals surface area contributed by atoms with Gasteiger partial charge in [-0.2, -0.15) is 0 Å². The summed E-state index contributed by atoms with van der Waals surface area (Å²) in [5.41, 5.74) is 2.60. The quantitative estimate of drug-likeness (QED) is 0.665. The summed E-state index contributed by atoms with van der Waals surface area (Å²) >= 11 is 0. The molecule has 0 spiro atoms. The molecule has 0 aromatic heterocycles. The van der Waals surface area contributed by atoms with Crippen molar-refractivity contribution < 1.29 is 9.59 Å². The summed E-state index contributed by atoms with van der Waals surface area (Å²) in [4.78, 5) is 29.8. The molecule has 1 aliphatic carbocycles. The molecule has 2 amide bonds. The molecule has 0 radical (unpaired) electrons. The Labute approximate surface area is 172 Å². The Morgan fingerprint density at radius 3 is 1.55 bits per heavy atom. The first-order valence-corrected chi connectivity index (χ1v) is 10.1. The Bertz CT molecular complexity index is 851. The highest BCUT2D eigenvalue weighted by Gasteiger charge is 2.56. The average molecular weight is 395 g/mol. The summed E-state index contributed by atoms with van der Waals surface area (Å²) in [6.07, 6.45) is 1.13. The van der Waals surface area contributed by atoms with E-state index in [1.165, 1.54) is 0 Å². The summed E-state index contributed by atoms with van der Waals surface area (Å²) < 4.78 is 0. The first kappa shape index (κ1) is 20.7. The van der Waals surface area contributed by atoms with Crippen LogP contribution < -0.4 is 20.4 Å². The van der Waals surface area contributed by atoms with Gasteiger partial charge in [-0.15, -0.1) is 0 Å². The lowest BCUT2D eigenvalue weighted by Crippen LogP contribution is -2.35. The molecule has 3 rings (SSSR count). The van der Waals surface area contributed by atoms with Gasteiger partial charge in [-0.05, 0) is 75.2 Å².